The van der Waals surface area contributed by atoms with E-state index in [1.165, 1.54) is 0 Å². The van der Waals surface area contributed by atoms with Gasteiger partial charge in [-0.3, -0.25) is 0 Å². The van der Waals surface area contributed by atoms with Gasteiger partial charge < -0.3 is 5.73 Å². The fourth-order valence-electron chi connectivity index (χ4n) is 1.62. The summed E-state index contributed by atoms with van der Waals surface area (Å²) in [5, 5.41) is 0. The summed E-state index contributed by atoms with van der Waals surface area (Å²) < 4.78 is 51.5. The summed E-state index contributed by atoms with van der Waals surface area (Å²) in [5.74, 6) is -1.91. The Labute approximate surface area is 116 Å². The van der Waals surface area contributed by atoms with E-state index in [2.05, 4.69) is 4.72 Å². The van der Waals surface area contributed by atoms with Crippen molar-refractivity contribution in [1.29, 1.82) is 0 Å². The number of halogens is 3. The molecule has 1 saturated carbocycles. The summed E-state index contributed by atoms with van der Waals surface area (Å²) in [6.07, 6.45) is 2.02. The minimum atomic E-state index is -3.84. The molecule has 108 valence electrons. The summed E-state index contributed by atoms with van der Waals surface area (Å²) in [4.78, 5) is -0.301. The fraction of sp³-hybridized carbons (Fsp3) is 0.455. The third kappa shape index (κ3) is 4.10. The number of sulfonamides is 1. The molecule has 1 aromatic carbocycles. The molecule has 0 radical (unpaired) electrons. The van der Waals surface area contributed by atoms with Crippen LogP contribution in [0.15, 0.2) is 23.1 Å². The average Bonchev–Trinajstić information content (AvgIpc) is 3.13. The van der Waals surface area contributed by atoms with Crippen LogP contribution in [0.4, 0.5) is 8.78 Å². The quantitative estimate of drug-likeness (QED) is 0.863. The molecule has 0 aromatic heterocycles. The molecule has 0 spiro atoms. The van der Waals surface area contributed by atoms with Crippen molar-refractivity contribution in [2.45, 2.75) is 23.8 Å². The first kappa shape index (κ1) is 16.3. The van der Waals surface area contributed by atoms with Gasteiger partial charge in [-0.05, 0) is 37.0 Å². The third-order valence-corrected chi connectivity index (χ3v) is 4.36. The Morgan fingerprint density at radius 1 is 1.32 bits per heavy atom. The van der Waals surface area contributed by atoms with E-state index in [1.54, 1.807) is 0 Å². The summed E-state index contributed by atoms with van der Waals surface area (Å²) in [5.41, 5.74) is 5.76. The highest BCUT2D eigenvalue weighted by Gasteiger charge is 2.29. The molecule has 3 N–H and O–H groups in total. The second-order valence-corrected chi connectivity index (χ2v) is 6.20. The zero-order chi connectivity index (χ0) is 13.3. The third-order valence-electron chi connectivity index (χ3n) is 2.94. The largest absolute Gasteiger partial charge is 0.326 e. The van der Waals surface area contributed by atoms with E-state index >= 15 is 0 Å². The average molecular weight is 313 g/mol. The summed E-state index contributed by atoms with van der Waals surface area (Å²) in [6.45, 7) is 0.103. The number of hydrogen-bond acceptors (Lipinski definition) is 3. The van der Waals surface area contributed by atoms with E-state index in [9.17, 15) is 17.2 Å². The normalized spacial score (nSPS) is 16.8. The Balaban J connectivity index is 0.00000180. The van der Waals surface area contributed by atoms with Gasteiger partial charge in [-0.25, -0.2) is 21.9 Å². The monoisotopic (exact) mass is 312 g/mol. The molecule has 1 atom stereocenters. The Hall–Kier alpha value is -0.760. The lowest BCUT2D eigenvalue weighted by Crippen LogP contribution is -2.38. The number of rotatable bonds is 5. The van der Waals surface area contributed by atoms with Gasteiger partial charge >= 0.3 is 0 Å². The smallest absolute Gasteiger partial charge is 0.240 e. The van der Waals surface area contributed by atoms with Crippen LogP contribution < -0.4 is 10.5 Å². The van der Waals surface area contributed by atoms with Crippen LogP contribution in [0.5, 0.6) is 0 Å². The second kappa shape index (κ2) is 6.13. The van der Waals surface area contributed by atoms with Crippen LogP contribution in [0.2, 0.25) is 0 Å². The van der Waals surface area contributed by atoms with Crippen molar-refractivity contribution in [3.8, 4) is 0 Å². The van der Waals surface area contributed by atoms with Crippen molar-refractivity contribution < 1.29 is 17.2 Å². The highest BCUT2D eigenvalue weighted by atomic mass is 35.5. The van der Waals surface area contributed by atoms with Crippen molar-refractivity contribution in [1.82, 2.24) is 4.72 Å². The Morgan fingerprint density at radius 2 is 1.95 bits per heavy atom. The van der Waals surface area contributed by atoms with E-state index in [-0.39, 0.29) is 29.9 Å². The van der Waals surface area contributed by atoms with Crippen molar-refractivity contribution in [2.75, 3.05) is 6.54 Å². The molecule has 4 nitrogen and oxygen atoms in total. The highest BCUT2D eigenvalue weighted by Crippen LogP contribution is 2.31. The molecular weight excluding hydrogens is 298 g/mol. The fourth-order valence-corrected chi connectivity index (χ4v) is 2.71. The SMILES string of the molecule is Cl.NC(CNS(=O)(=O)c1ccc(F)c(F)c1)C1CC1. The van der Waals surface area contributed by atoms with E-state index in [0.29, 0.717) is 12.0 Å². The van der Waals surface area contributed by atoms with Crippen LogP contribution in [-0.2, 0) is 10.0 Å². The van der Waals surface area contributed by atoms with E-state index in [1.807, 2.05) is 0 Å². The first-order valence-corrected chi connectivity index (χ1v) is 7.09. The molecular formula is C11H15ClF2N2O2S. The van der Waals surface area contributed by atoms with Gasteiger partial charge in [0.1, 0.15) is 0 Å². The van der Waals surface area contributed by atoms with Crippen LogP contribution in [0.1, 0.15) is 12.8 Å². The first-order valence-electron chi connectivity index (χ1n) is 5.60. The maximum atomic E-state index is 13.0. The lowest BCUT2D eigenvalue weighted by molar-refractivity contribution is 0.503. The summed E-state index contributed by atoms with van der Waals surface area (Å²) >= 11 is 0. The van der Waals surface area contributed by atoms with E-state index in [4.69, 9.17) is 5.73 Å². The van der Waals surface area contributed by atoms with Crippen molar-refractivity contribution in [3.63, 3.8) is 0 Å². The second-order valence-electron chi connectivity index (χ2n) is 4.43. The highest BCUT2D eigenvalue weighted by molar-refractivity contribution is 7.89. The molecule has 1 aliphatic rings. The minimum absolute atomic E-state index is 0. The van der Waals surface area contributed by atoms with Crippen LogP contribution in [0.3, 0.4) is 0 Å². The number of nitrogens with one attached hydrogen (secondary N) is 1. The first-order chi connectivity index (χ1) is 8.40. The Kier molecular flexibility index (Phi) is 5.26. The zero-order valence-electron chi connectivity index (χ0n) is 9.97. The molecule has 2 rings (SSSR count). The van der Waals surface area contributed by atoms with Gasteiger partial charge in [0, 0.05) is 12.6 Å². The molecule has 1 aliphatic carbocycles. The number of benzene rings is 1. The van der Waals surface area contributed by atoms with Crippen molar-refractivity contribution in [3.05, 3.63) is 29.8 Å². The molecule has 0 saturated heterocycles. The van der Waals surface area contributed by atoms with Gasteiger partial charge in [-0.2, -0.15) is 0 Å². The van der Waals surface area contributed by atoms with Crippen LogP contribution in [0.25, 0.3) is 0 Å². The standard InChI is InChI=1S/C11H14F2N2O2S.ClH/c12-9-4-3-8(5-10(9)13)18(16,17)15-6-11(14)7-1-2-7;/h3-5,7,11,15H,1-2,6,14H2;1H. The molecule has 0 aliphatic heterocycles. The Bertz CT molecular complexity index is 550. The number of nitrogens with two attached hydrogens (primary N) is 1. The lowest BCUT2D eigenvalue weighted by atomic mass is 10.2. The predicted molar refractivity (Wildman–Crippen MR) is 69.5 cm³/mol. The van der Waals surface area contributed by atoms with Crippen LogP contribution in [0, 0.1) is 17.6 Å². The molecule has 0 bridgehead atoms. The van der Waals surface area contributed by atoms with Crippen LogP contribution in [-0.4, -0.2) is 21.0 Å². The summed E-state index contributed by atoms with van der Waals surface area (Å²) in [7, 11) is -3.84. The van der Waals surface area contributed by atoms with Gasteiger partial charge in [-0.1, -0.05) is 0 Å². The lowest BCUT2D eigenvalue weighted by Gasteiger charge is -2.12. The predicted octanol–water partition coefficient (Wildman–Crippen LogP) is 1.40. The molecule has 1 unspecified atom stereocenters. The molecule has 0 heterocycles. The molecule has 19 heavy (non-hydrogen) atoms. The van der Waals surface area contributed by atoms with E-state index < -0.39 is 21.7 Å². The topological polar surface area (TPSA) is 72.2 Å². The molecule has 1 aromatic rings. The van der Waals surface area contributed by atoms with Gasteiger partial charge in [0.15, 0.2) is 11.6 Å². The minimum Gasteiger partial charge on any atom is -0.326 e. The van der Waals surface area contributed by atoms with Crippen molar-refractivity contribution in [2.24, 2.45) is 11.7 Å². The van der Waals surface area contributed by atoms with Gasteiger partial charge in [-0.15, -0.1) is 12.4 Å². The molecule has 1 fully saturated rings. The molecule has 0 amide bonds. The zero-order valence-corrected chi connectivity index (χ0v) is 11.6. The maximum Gasteiger partial charge on any atom is 0.240 e. The van der Waals surface area contributed by atoms with Gasteiger partial charge in [0.25, 0.3) is 0 Å². The summed E-state index contributed by atoms with van der Waals surface area (Å²) in [6, 6.07) is 2.22. The Morgan fingerprint density at radius 3 is 2.47 bits per heavy atom. The van der Waals surface area contributed by atoms with E-state index in [0.717, 1.165) is 25.0 Å². The van der Waals surface area contributed by atoms with Gasteiger partial charge in [0.2, 0.25) is 10.0 Å². The van der Waals surface area contributed by atoms with Crippen LogP contribution >= 0.6 is 12.4 Å². The van der Waals surface area contributed by atoms with Crippen molar-refractivity contribution >= 4 is 22.4 Å². The molecule has 8 heteroatoms. The number of hydrogen-bond donors (Lipinski definition) is 2. The maximum absolute atomic E-state index is 13.0. The van der Waals surface area contributed by atoms with Gasteiger partial charge in [0.05, 0.1) is 4.90 Å².